The van der Waals surface area contributed by atoms with Crippen LogP contribution in [0.25, 0.3) is 17.0 Å². The highest BCUT2D eigenvalue weighted by atomic mass is 32.2. The maximum atomic E-state index is 12.7. The van der Waals surface area contributed by atoms with E-state index in [1.165, 1.54) is 12.1 Å². The molecule has 0 unspecified atom stereocenters. The van der Waals surface area contributed by atoms with E-state index >= 15 is 0 Å². The lowest BCUT2D eigenvalue weighted by Gasteiger charge is -2.10. The van der Waals surface area contributed by atoms with Crippen LogP contribution in [0.1, 0.15) is 0 Å². The Hall–Kier alpha value is -4.48. The topological polar surface area (TPSA) is 117 Å². The van der Waals surface area contributed by atoms with Crippen molar-refractivity contribution in [1.29, 1.82) is 0 Å². The summed E-state index contributed by atoms with van der Waals surface area (Å²) in [6.07, 6.45) is 0. The first kappa shape index (κ1) is 24.2. The molecule has 0 aliphatic carbocycles. The van der Waals surface area contributed by atoms with Gasteiger partial charge in [0.1, 0.15) is 23.9 Å². The average molecular weight is 518 g/mol. The number of para-hydroxylation sites is 1. The molecular formula is C26H23N5O5S. The molecule has 0 atom stereocenters. The fraction of sp³-hybridized carbons (Fsp3) is 0.115. The van der Waals surface area contributed by atoms with Gasteiger partial charge >= 0.3 is 0 Å². The Balaban J connectivity index is 1.19. The maximum absolute atomic E-state index is 12.7. The first-order valence-electron chi connectivity index (χ1n) is 11.3. The van der Waals surface area contributed by atoms with Gasteiger partial charge in [-0.15, -0.1) is 15.3 Å². The van der Waals surface area contributed by atoms with E-state index in [1.54, 1.807) is 35.9 Å². The van der Waals surface area contributed by atoms with Crippen LogP contribution in [-0.4, -0.2) is 48.5 Å². The number of aromatic nitrogens is 4. The van der Waals surface area contributed by atoms with Gasteiger partial charge in [0.2, 0.25) is 15.9 Å². The minimum atomic E-state index is -3.72. The van der Waals surface area contributed by atoms with Gasteiger partial charge in [-0.2, -0.15) is 4.52 Å². The second kappa shape index (κ2) is 10.6. The molecule has 2 heterocycles. The van der Waals surface area contributed by atoms with Gasteiger partial charge in [-0.05, 0) is 54.6 Å². The summed E-state index contributed by atoms with van der Waals surface area (Å²) >= 11 is 0. The second-order valence-corrected chi connectivity index (χ2v) is 9.60. The van der Waals surface area contributed by atoms with Gasteiger partial charge in [-0.3, -0.25) is 0 Å². The molecule has 0 spiro atoms. The van der Waals surface area contributed by atoms with E-state index in [9.17, 15) is 8.42 Å². The van der Waals surface area contributed by atoms with E-state index in [4.69, 9.17) is 14.2 Å². The molecule has 0 saturated heterocycles. The number of methoxy groups -OCH3 is 1. The van der Waals surface area contributed by atoms with Gasteiger partial charge in [0.15, 0.2) is 11.5 Å². The van der Waals surface area contributed by atoms with Crippen molar-refractivity contribution in [3.63, 3.8) is 0 Å². The molecule has 0 radical (unpaired) electrons. The van der Waals surface area contributed by atoms with Crippen LogP contribution in [0, 0.1) is 0 Å². The molecule has 0 saturated carbocycles. The van der Waals surface area contributed by atoms with Crippen LogP contribution in [0.3, 0.4) is 0 Å². The minimum Gasteiger partial charge on any atom is -0.497 e. The van der Waals surface area contributed by atoms with Crippen molar-refractivity contribution in [3.8, 4) is 34.5 Å². The third-order valence-electron chi connectivity index (χ3n) is 5.32. The molecule has 0 amide bonds. The van der Waals surface area contributed by atoms with Crippen molar-refractivity contribution < 1.29 is 22.6 Å². The van der Waals surface area contributed by atoms with Crippen molar-refractivity contribution in [2.24, 2.45) is 0 Å². The second-order valence-electron chi connectivity index (χ2n) is 7.83. The minimum absolute atomic E-state index is 0.0508. The number of hydrogen-bond acceptors (Lipinski definition) is 8. The summed E-state index contributed by atoms with van der Waals surface area (Å²) in [5, 5.41) is 12.8. The van der Waals surface area contributed by atoms with Gasteiger partial charge < -0.3 is 14.2 Å². The van der Waals surface area contributed by atoms with Crippen LogP contribution < -0.4 is 18.9 Å². The molecule has 10 nitrogen and oxygen atoms in total. The predicted octanol–water partition coefficient (Wildman–Crippen LogP) is 3.95. The molecule has 0 aliphatic heterocycles. The largest absolute Gasteiger partial charge is 0.497 e. The van der Waals surface area contributed by atoms with E-state index in [1.807, 2.05) is 54.6 Å². The first-order valence-corrected chi connectivity index (χ1v) is 12.8. The van der Waals surface area contributed by atoms with E-state index in [0.29, 0.717) is 34.6 Å². The fourth-order valence-electron chi connectivity index (χ4n) is 3.52. The van der Waals surface area contributed by atoms with E-state index in [2.05, 4.69) is 20.0 Å². The molecule has 5 aromatic rings. The molecule has 0 aliphatic rings. The average Bonchev–Trinajstić information content (AvgIpc) is 3.35. The highest BCUT2D eigenvalue weighted by Gasteiger charge is 2.15. The number of sulfonamides is 1. The molecule has 188 valence electrons. The van der Waals surface area contributed by atoms with Crippen LogP contribution in [-0.2, 0) is 10.0 Å². The highest BCUT2D eigenvalue weighted by Crippen LogP contribution is 2.24. The molecule has 11 heteroatoms. The third-order valence-corrected chi connectivity index (χ3v) is 6.80. The quantitative estimate of drug-likeness (QED) is 0.277. The van der Waals surface area contributed by atoms with Crippen molar-refractivity contribution in [3.05, 3.63) is 91.0 Å². The Bertz CT molecular complexity index is 1610. The number of hydrogen-bond donors (Lipinski definition) is 1. The standard InChI is InChI=1S/C26H23N5O5S/c1-34-22-9-5-6-19(18-22)26-29-28-24-14-15-25(30-31(24)26)35-17-16-27-37(32,33)23-12-10-21(11-13-23)36-20-7-3-2-4-8-20/h2-15,18,27H,16-17H2,1H3. The highest BCUT2D eigenvalue weighted by molar-refractivity contribution is 7.89. The van der Waals surface area contributed by atoms with Crippen molar-refractivity contribution in [1.82, 2.24) is 24.5 Å². The van der Waals surface area contributed by atoms with Gasteiger partial charge in [0.25, 0.3) is 0 Å². The van der Waals surface area contributed by atoms with Crippen molar-refractivity contribution in [2.75, 3.05) is 20.3 Å². The number of rotatable bonds is 10. The number of nitrogens with one attached hydrogen (secondary N) is 1. The number of nitrogens with zero attached hydrogens (tertiary/aromatic N) is 4. The third kappa shape index (κ3) is 5.68. The molecule has 37 heavy (non-hydrogen) atoms. The zero-order chi connectivity index (χ0) is 25.7. The van der Waals surface area contributed by atoms with Crippen molar-refractivity contribution in [2.45, 2.75) is 4.90 Å². The lowest BCUT2D eigenvalue weighted by Crippen LogP contribution is -2.28. The van der Waals surface area contributed by atoms with Gasteiger partial charge in [-0.25, -0.2) is 13.1 Å². The van der Waals surface area contributed by atoms with Crippen molar-refractivity contribution >= 4 is 15.7 Å². The van der Waals surface area contributed by atoms with Crippen LogP contribution in [0.5, 0.6) is 23.1 Å². The number of ether oxygens (including phenoxy) is 3. The van der Waals surface area contributed by atoms with Crippen LogP contribution >= 0.6 is 0 Å². The molecular weight excluding hydrogens is 494 g/mol. The van der Waals surface area contributed by atoms with Crippen LogP contribution in [0.2, 0.25) is 0 Å². The number of benzene rings is 3. The summed E-state index contributed by atoms with van der Waals surface area (Å²) in [6.45, 7) is 0.124. The Morgan fingerprint density at radius 1 is 0.838 bits per heavy atom. The normalized spacial score (nSPS) is 11.4. The predicted molar refractivity (Wildman–Crippen MR) is 136 cm³/mol. The molecule has 0 bridgehead atoms. The van der Waals surface area contributed by atoms with Crippen LogP contribution in [0.15, 0.2) is 95.9 Å². The zero-order valence-corrected chi connectivity index (χ0v) is 20.6. The number of fused-ring (bicyclic) bond motifs is 1. The van der Waals surface area contributed by atoms with Gasteiger partial charge in [0.05, 0.1) is 12.0 Å². The lowest BCUT2D eigenvalue weighted by molar-refractivity contribution is 0.306. The first-order chi connectivity index (χ1) is 18.0. The molecule has 0 fully saturated rings. The lowest BCUT2D eigenvalue weighted by atomic mass is 10.2. The fourth-order valence-corrected chi connectivity index (χ4v) is 4.53. The smallest absolute Gasteiger partial charge is 0.240 e. The summed E-state index contributed by atoms with van der Waals surface area (Å²) in [5.74, 6) is 2.73. The summed E-state index contributed by atoms with van der Waals surface area (Å²) < 4.78 is 46.1. The Morgan fingerprint density at radius 2 is 1.59 bits per heavy atom. The SMILES string of the molecule is COc1cccc(-c2nnc3ccc(OCCNS(=O)(=O)c4ccc(Oc5ccccc5)cc4)nn23)c1. The van der Waals surface area contributed by atoms with E-state index in [0.717, 1.165) is 5.56 Å². The van der Waals surface area contributed by atoms with Gasteiger partial charge in [-0.1, -0.05) is 30.3 Å². The Morgan fingerprint density at radius 3 is 2.38 bits per heavy atom. The maximum Gasteiger partial charge on any atom is 0.240 e. The Labute approximate surface area is 213 Å². The Kier molecular flexibility index (Phi) is 6.97. The molecule has 5 rings (SSSR count). The van der Waals surface area contributed by atoms with E-state index < -0.39 is 10.0 Å². The van der Waals surface area contributed by atoms with E-state index in [-0.39, 0.29) is 18.0 Å². The molecule has 3 aromatic carbocycles. The van der Waals surface area contributed by atoms with Gasteiger partial charge in [0, 0.05) is 18.2 Å². The summed E-state index contributed by atoms with van der Waals surface area (Å²) in [6, 6.07) is 26.2. The molecule has 2 aromatic heterocycles. The van der Waals surface area contributed by atoms with Crippen LogP contribution in [0.4, 0.5) is 0 Å². The molecule has 1 N–H and O–H groups in total. The summed E-state index contributed by atoms with van der Waals surface area (Å²) in [7, 11) is -2.13. The zero-order valence-electron chi connectivity index (χ0n) is 19.8. The summed E-state index contributed by atoms with van der Waals surface area (Å²) in [5.41, 5.74) is 1.33. The summed E-state index contributed by atoms with van der Waals surface area (Å²) in [4.78, 5) is 0.125. The monoisotopic (exact) mass is 517 g/mol.